The van der Waals surface area contributed by atoms with Gasteiger partial charge in [-0.2, -0.15) is 0 Å². The van der Waals surface area contributed by atoms with Gasteiger partial charge in [0, 0.05) is 11.2 Å². The third-order valence-corrected chi connectivity index (χ3v) is 0.624. The molecule has 0 aliphatic carbocycles. The van der Waals surface area contributed by atoms with Crippen LogP contribution in [0.15, 0.2) is 12.4 Å². The molecule has 0 fully saturated rings. The van der Waals surface area contributed by atoms with Gasteiger partial charge in [-0.05, 0) is 0 Å². The Labute approximate surface area is 61.8 Å². The molecule has 0 saturated heterocycles. The Bertz CT molecular complexity index is 116. The van der Waals surface area contributed by atoms with Gasteiger partial charge in [0.25, 0.3) is 0 Å². The fourth-order valence-corrected chi connectivity index (χ4v) is 0.298. The topological polar surface area (TPSA) is 27.0 Å². The van der Waals surface area contributed by atoms with Gasteiger partial charge < -0.3 is 10.2 Å². The Morgan fingerprint density at radius 3 is 2.57 bits per heavy atom. The number of nitrogens with zero attached hydrogens (tertiary/aromatic N) is 2. The van der Waals surface area contributed by atoms with Crippen molar-refractivity contribution < 1.29 is 22.4 Å². The molecule has 0 amide bonds. The third kappa shape index (κ3) is 2.14. The molecule has 1 aromatic rings. The summed E-state index contributed by atoms with van der Waals surface area (Å²) in [6, 6.07) is 0. The van der Waals surface area contributed by atoms with Crippen LogP contribution in [0.25, 0.3) is 0 Å². The van der Waals surface area contributed by atoms with E-state index in [9.17, 15) is 0 Å². The molecule has 1 rings (SSSR count). The average Bonchev–Trinajstić information content (AvgIpc) is 1.86. The Morgan fingerprint density at radius 1 is 1.71 bits per heavy atom. The van der Waals surface area contributed by atoms with E-state index >= 15 is 0 Å². The van der Waals surface area contributed by atoms with Gasteiger partial charge >= 0.3 is 22.4 Å². The van der Waals surface area contributed by atoms with E-state index in [1.165, 1.54) is 12.4 Å². The van der Waals surface area contributed by atoms with Crippen LogP contribution < -0.4 is 5.10 Å². The molecule has 1 aromatic heterocycles. The molecule has 2 nitrogen and oxygen atoms in total. The van der Waals surface area contributed by atoms with E-state index in [1.807, 2.05) is 0 Å². The Hall–Kier alpha value is 0.240. The normalized spacial score (nSPS) is 7.57. The van der Waals surface area contributed by atoms with Gasteiger partial charge in [0.1, 0.15) is 0 Å². The van der Waals surface area contributed by atoms with Crippen LogP contribution >= 0.6 is 11.6 Å². The monoisotopic (exact) mass is 208 g/mol. The second-order valence-corrected chi connectivity index (χ2v) is 1.31. The minimum Gasteiger partial charge on any atom is -0.581 e. The van der Waals surface area contributed by atoms with E-state index in [2.05, 4.69) is 10.2 Å². The van der Waals surface area contributed by atoms with Crippen LogP contribution in [-0.4, -0.2) is 5.10 Å². The molecule has 0 aromatic carbocycles. The zero-order valence-electron chi connectivity index (χ0n) is 3.23. The fraction of sp³-hybridized carbons (Fsp3) is 0. The largest absolute Gasteiger partial charge is 1.00 e. The fourth-order valence-electron chi connectivity index (χ4n) is 0.210. The second kappa shape index (κ2) is 3.27. The first-order valence-corrected chi connectivity index (χ1v) is 1.86. The summed E-state index contributed by atoms with van der Waals surface area (Å²) < 4.78 is 0. The number of hydrogen-bond donors (Lipinski definition) is 0. The zero-order chi connectivity index (χ0) is 4.41. The summed E-state index contributed by atoms with van der Waals surface area (Å²) in [6.45, 7) is 0. The molecule has 0 unspecified atom stereocenters. The quantitative estimate of drug-likeness (QED) is 0.588. The van der Waals surface area contributed by atoms with Crippen molar-refractivity contribution in [2.24, 2.45) is 0 Å². The molecule has 4 heteroatoms. The van der Waals surface area contributed by atoms with Gasteiger partial charge in [-0.15, -0.1) is 6.20 Å². The molecule has 1 heterocycles. The van der Waals surface area contributed by atoms with Crippen LogP contribution in [0.2, 0.25) is 5.02 Å². The standard InChI is InChI=1S/C3H2ClN2.Ag/c4-3-1-5-6-2-3;/h1-2H;/q-1;+1. The second-order valence-electron chi connectivity index (χ2n) is 0.874. The zero-order valence-corrected chi connectivity index (χ0v) is 5.47. The molecule has 0 spiro atoms. The van der Waals surface area contributed by atoms with Crippen LogP contribution in [-0.2, 0) is 22.4 Å². The number of hydrogen-bond acceptors (Lipinski definition) is 1. The van der Waals surface area contributed by atoms with Crippen LogP contribution in [0.5, 0.6) is 0 Å². The predicted octanol–water partition coefficient (Wildman–Crippen LogP) is 0.690. The van der Waals surface area contributed by atoms with E-state index in [0.717, 1.165) is 0 Å². The number of rotatable bonds is 0. The van der Waals surface area contributed by atoms with Crippen molar-refractivity contribution in [3.63, 3.8) is 0 Å². The predicted molar refractivity (Wildman–Crippen MR) is 22.6 cm³/mol. The van der Waals surface area contributed by atoms with E-state index in [4.69, 9.17) is 11.6 Å². The van der Waals surface area contributed by atoms with Crippen molar-refractivity contribution in [3.8, 4) is 0 Å². The van der Waals surface area contributed by atoms with Crippen LogP contribution in [0.3, 0.4) is 0 Å². The molecule has 0 aliphatic heterocycles. The maximum absolute atomic E-state index is 5.33. The molecule has 7 heavy (non-hydrogen) atoms. The van der Waals surface area contributed by atoms with Gasteiger partial charge in [-0.25, -0.2) is 0 Å². The summed E-state index contributed by atoms with van der Waals surface area (Å²) in [5.41, 5.74) is 0. The van der Waals surface area contributed by atoms with Gasteiger partial charge in [0.15, 0.2) is 0 Å². The Balaban J connectivity index is 0.000000360. The molecule has 0 aliphatic rings. The minimum absolute atomic E-state index is 0. The van der Waals surface area contributed by atoms with E-state index in [1.54, 1.807) is 0 Å². The first-order chi connectivity index (χ1) is 2.89. The maximum Gasteiger partial charge on any atom is 1.00 e. The minimum atomic E-state index is 0. The summed E-state index contributed by atoms with van der Waals surface area (Å²) >= 11 is 5.33. The van der Waals surface area contributed by atoms with Crippen molar-refractivity contribution in [2.75, 3.05) is 0 Å². The van der Waals surface area contributed by atoms with Crippen molar-refractivity contribution in [3.05, 3.63) is 17.4 Å². The SMILES string of the molecule is Clc1cn[n-]c1.[Ag+]. The van der Waals surface area contributed by atoms with Crippen LogP contribution in [0, 0.1) is 0 Å². The summed E-state index contributed by atoms with van der Waals surface area (Å²) in [6.07, 6.45) is 2.98. The first kappa shape index (κ1) is 7.24. The van der Waals surface area contributed by atoms with Gasteiger partial charge in [-0.1, -0.05) is 11.6 Å². The molecular formula is C3H2AgClN2. The first-order valence-electron chi connectivity index (χ1n) is 1.48. The number of aromatic nitrogens is 2. The molecule has 0 N–H and O–H groups in total. The van der Waals surface area contributed by atoms with Crippen LogP contribution in [0.4, 0.5) is 0 Å². The third-order valence-electron chi connectivity index (χ3n) is 0.429. The van der Waals surface area contributed by atoms with Crippen molar-refractivity contribution >= 4 is 11.6 Å². The molecule has 0 atom stereocenters. The van der Waals surface area contributed by atoms with Gasteiger partial charge in [-0.3, -0.25) is 0 Å². The van der Waals surface area contributed by atoms with Gasteiger partial charge in [0.2, 0.25) is 0 Å². The molecule has 42 valence electrons. The summed E-state index contributed by atoms with van der Waals surface area (Å²) in [7, 11) is 0. The maximum atomic E-state index is 5.33. The molecular weight excluding hydrogens is 207 g/mol. The molecule has 0 radical (unpaired) electrons. The van der Waals surface area contributed by atoms with Crippen molar-refractivity contribution in [1.29, 1.82) is 0 Å². The summed E-state index contributed by atoms with van der Waals surface area (Å²) in [5.74, 6) is 0. The molecule has 0 saturated carbocycles. The average molecular weight is 209 g/mol. The summed E-state index contributed by atoms with van der Waals surface area (Å²) in [4.78, 5) is 0. The summed E-state index contributed by atoms with van der Waals surface area (Å²) in [5, 5.41) is 7.47. The van der Waals surface area contributed by atoms with Crippen molar-refractivity contribution in [1.82, 2.24) is 10.2 Å². The van der Waals surface area contributed by atoms with Crippen LogP contribution in [0.1, 0.15) is 0 Å². The van der Waals surface area contributed by atoms with E-state index < -0.39 is 0 Å². The number of halogens is 1. The molecule has 0 bridgehead atoms. The van der Waals surface area contributed by atoms with Gasteiger partial charge in [0.05, 0.1) is 0 Å². The van der Waals surface area contributed by atoms with Crippen molar-refractivity contribution in [2.45, 2.75) is 0 Å². The van der Waals surface area contributed by atoms with E-state index in [0.29, 0.717) is 5.02 Å². The Morgan fingerprint density at radius 2 is 2.43 bits per heavy atom. The smallest absolute Gasteiger partial charge is 0.581 e. The Kier molecular flexibility index (Phi) is 3.38. The van der Waals surface area contributed by atoms with E-state index in [-0.39, 0.29) is 22.4 Å².